The number of amides is 1. The fourth-order valence-electron chi connectivity index (χ4n) is 4.45. The van der Waals surface area contributed by atoms with Gasteiger partial charge in [-0.2, -0.15) is 0 Å². The molecule has 0 atom stereocenters. The lowest BCUT2D eigenvalue weighted by Crippen LogP contribution is -2.19. The van der Waals surface area contributed by atoms with Gasteiger partial charge in [-0.05, 0) is 41.3 Å². The predicted molar refractivity (Wildman–Crippen MR) is 144 cm³/mol. The largest absolute Gasteiger partial charge is 0.351 e. The Morgan fingerprint density at radius 2 is 1.76 bits per heavy atom. The van der Waals surface area contributed by atoms with Crippen molar-refractivity contribution in [1.82, 2.24) is 29.5 Å². The third-order valence-corrected chi connectivity index (χ3v) is 6.37. The van der Waals surface area contributed by atoms with Gasteiger partial charge in [-0.15, -0.1) is 0 Å². The van der Waals surface area contributed by atoms with Gasteiger partial charge >= 0.3 is 0 Å². The van der Waals surface area contributed by atoms with Crippen molar-refractivity contribution in [3.8, 4) is 11.1 Å². The summed E-state index contributed by atoms with van der Waals surface area (Å²) in [5.74, 6) is -0.283. The van der Waals surface area contributed by atoms with Crippen LogP contribution in [0.5, 0.6) is 0 Å². The van der Waals surface area contributed by atoms with E-state index in [4.69, 9.17) is 0 Å². The molecule has 0 spiro atoms. The molecule has 0 aliphatic carbocycles. The molecule has 0 bridgehead atoms. The van der Waals surface area contributed by atoms with Crippen molar-refractivity contribution in [3.05, 3.63) is 97.7 Å². The highest BCUT2D eigenvalue weighted by Crippen LogP contribution is 2.36. The van der Waals surface area contributed by atoms with E-state index < -0.39 is 0 Å². The zero-order valence-corrected chi connectivity index (χ0v) is 20.2. The number of aryl methyl sites for hydroxylation is 1. The molecule has 9 nitrogen and oxygen atoms in total. The third-order valence-electron chi connectivity index (χ3n) is 6.37. The first kappa shape index (κ1) is 22.3. The van der Waals surface area contributed by atoms with E-state index >= 15 is 0 Å². The minimum absolute atomic E-state index is 0.283. The predicted octanol–water partition coefficient (Wildman–Crippen LogP) is 4.99. The van der Waals surface area contributed by atoms with E-state index in [1.165, 1.54) is 11.7 Å². The Balaban J connectivity index is 1.45. The number of hydrogen-bond donors (Lipinski definition) is 1. The molecule has 0 aliphatic heterocycles. The number of carbonyl (C=O) groups is 1. The van der Waals surface area contributed by atoms with Crippen molar-refractivity contribution in [2.75, 3.05) is 17.3 Å². The van der Waals surface area contributed by atoms with Crippen LogP contribution in [0.2, 0.25) is 0 Å². The fraction of sp³-hybridized carbons (Fsp3) is 0.0714. The Morgan fingerprint density at radius 1 is 0.919 bits per heavy atom. The van der Waals surface area contributed by atoms with Crippen LogP contribution in [0.4, 0.5) is 17.1 Å². The molecule has 4 aromatic heterocycles. The molecule has 6 rings (SSSR count). The Labute approximate surface area is 212 Å². The topological polar surface area (TPSA) is 102 Å². The number of nitrogens with zero attached hydrogens (tertiary/aromatic N) is 7. The molecular formula is C28H22N8O. The van der Waals surface area contributed by atoms with Crippen molar-refractivity contribution in [2.24, 2.45) is 7.05 Å². The maximum atomic E-state index is 13.2. The standard InChI is InChI=1S/C28H22N8O/c1-35-10-6-18-3-4-19(11-25(18)35)23-12-21(13-24-27(23)33-9-8-32-24)36(2)26-16-29-7-5-22(26)28(37)34-20-14-30-17-31-15-20/h3-17H,1-2H3,(H,34,37). The number of aromatic nitrogens is 6. The number of pyridine rings is 1. The van der Waals surface area contributed by atoms with Gasteiger partial charge in [0.15, 0.2) is 0 Å². The van der Waals surface area contributed by atoms with Gasteiger partial charge in [0.05, 0.1) is 46.6 Å². The van der Waals surface area contributed by atoms with Crippen molar-refractivity contribution in [2.45, 2.75) is 0 Å². The first-order valence-corrected chi connectivity index (χ1v) is 11.6. The summed E-state index contributed by atoms with van der Waals surface area (Å²) in [6.07, 6.45) is 13.2. The van der Waals surface area contributed by atoms with Gasteiger partial charge in [0.25, 0.3) is 5.91 Å². The Morgan fingerprint density at radius 3 is 2.62 bits per heavy atom. The smallest absolute Gasteiger partial charge is 0.257 e. The summed E-state index contributed by atoms with van der Waals surface area (Å²) in [4.78, 5) is 36.5. The highest BCUT2D eigenvalue weighted by atomic mass is 16.1. The average molecular weight is 487 g/mol. The zero-order chi connectivity index (χ0) is 25.4. The quantitative estimate of drug-likeness (QED) is 0.366. The number of benzene rings is 2. The minimum Gasteiger partial charge on any atom is -0.351 e. The van der Waals surface area contributed by atoms with Crippen LogP contribution < -0.4 is 10.2 Å². The van der Waals surface area contributed by atoms with Crippen LogP contribution in [0.1, 0.15) is 10.4 Å². The van der Waals surface area contributed by atoms with E-state index in [1.807, 2.05) is 31.3 Å². The molecule has 1 amide bonds. The number of carbonyl (C=O) groups excluding carboxylic acids is 1. The van der Waals surface area contributed by atoms with Crippen LogP contribution in [0.3, 0.4) is 0 Å². The molecule has 0 radical (unpaired) electrons. The summed E-state index contributed by atoms with van der Waals surface area (Å²) >= 11 is 0. The maximum absolute atomic E-state index is 13.2. The summed E-state index contributed by atoms with van der Waals surface area (Å²) in [7, 11) is 3.94. The molecule has 37 heavy (non-hydrogen) atoms. The summed E-state index contributed by atoms with van der Waals surface area (Å²) < 4.78 is 2.10. The van der Waals surface area contributed by atoms with E-state index in [2.05, 4.69) is 65.1 Å². The SMILES string of the molecule is CN(c1cc(-c2ccc3ccn(C)c3c2)c2nccnc2c1)c1cnccc1C(=O)Nc1cncnc1. The second kappa shape index (κ2) is 9.12. The molecule has 2 aromatic carbocycles. The Kier molecular flexibility index (Phi) is 5.49. The molecule has 0 fully saturated rings. The lowest BCUT2D eigenvalue weighted by molar-refractivity contribution is 0.102. The molecule has 1 N–H and O–H groups in total. The van der Waals surface area contributed by atoms with Crippen LogP contribution in [0.15, 0.2) is 92.2 Å². The fourth-order valence-corrected chi connectivity index (χ4v) is 4.45. The summed E-state index contributed by atoms with van der Waals surface area (Å²) in [6, 6.07) is 14.2. The van der Waals surface area contributed by atoms with Gasteiger partial charge in [0, 0.05) is 55.7 Å². The van der Waals surface area contributed by atoms with Gasteiger partial charge in [-0.1, -0.05) is 12.1 Å². The van der Waals surface area contributed by atoms with Gasteiger partial charge < -0.3 is 14.8 Å². The average Bonchev–Trinajstić information content (AvgIpc) is 3.32. The molecule has 0 unspecified atom stereocenters. The summed E-state index contributed by atoms with van der Waals surface area (Å²) in [5, 5.41) is 4.02. The maximum Gasteiger partial charge on any atom is 0.257 e. The van der Waals surface area contributed by atoms with Crippen molar-refractivity contribution >= 4 is 44.9 Å². The first-order valence-electron chi connectivity index (χ1n) is 11.6. The van der Waals surface area contributed by atoms with E-state index in [1.54, 1.807) is 43.2 Å². The lowest BCUT2D eigenvalue weighted by atomic mass is 10.0. The molecular weight excluding hydrogens is 464 g/mol. The zero-order valence-electron chi connectivity index (χ0n) is 20.2. The minimum atomic E-state index is -0.283. The van der Waals surface area contributed by atoms with Gasteiger partial charge in [0.1, 0.15) is 6.33 Å². The molecule has 180 valence electrons. The van der Waals surface area contributed by atoms with E-state index in [9.17, 15) is 4.79 Å². The molecule has 0 aliphatic rings. The third kappa shape index (κ3) is 4.12. The Bertz CT molecular complexity index is 1760. The van der Waals surface area contributed by atoms with Crippen LogP contribution in [0, 0.1) is 0 Å². The molecule has 0 saturated heterocycles. The lowest BCUT2D eigenvalue weighted by Gasteiger charge is -2.23. The highest BCUT2D eigenvalue weighted by molar-refractivity contribution is 6.08. The Hall–Kier alpha value is -5.18. The second-order valence-electron chi connectivity index (χ2n) is 8.65. The van der Waals surface area contributed by atoms with E-state index in [-0.39, 0.29) is 5.91 Å². The molecule has 0 saturated carbocycles. The molecule has 9 heteroatoms. The van der Waals surface area contributed by atoms with Crippen LogP contribution in [-0.4, -0.2) is 42.4 Å². The van der Waals surface area contributed by atoms with E-state index in [0.717, 1.165) is 33.4 Å². The second-order valence-corrected chi connectivity index (χ2v) is 8.65. The molecule has 4 heterocycles. The number of rotatable bonds is 5. The van der Waals surface area contributed by atoms with Crippen LogP contribution in [0.25, 0.3) is 33.1 Å². The molecule has 6 aromatic rings. The van der Waals surface area contributed by atoms with Crippen molar-refractivity contribution in [3.63, 3.8) is 0 Å². The van der Waals surface area contributed by atoms with Crippen molar-refractivity contribution < 1.29 is 4.79 Å². The number of nitrogens with one attached hydrogen (secondary N) is 1. The van der Waals surface area contributed by atoms with Gasteiger partial charge in [0.2, 0.25) is 0 Å². The monoisotopic (exact) mass is 486 g/mol. The van der Waals surface area contributed by atoms with Gasteiger partial charge in [-0.25, -0.2) is 9.97 Å². The number of anilines is 3. The van der Waals surface area contributed by atoms with Crippen LogP contribution in [-0.2, 0) is 7.05 Å². The summed E-state index contributed by atoms with van der Waals surface area (Å²) in [6.45, 7) is 0. The van der Waals surface area contributed by atoms with Gasteiger partial charge in [-0.3, -0.25) is 19.7 Å². The number of fused-ring (bicyclic) bond motifs is 2. The van der Waals surface area contributed by atoms with Crippen LogP contribution >= 0.6 is 0 Å². The van der Waals surface area contributed by atoms with Crippen molar-refractivity contribution in [1.29, 1.82) is 0 Å². The first-order chi connectivity index (χ1) is 18.1. The summed E-state index contributed by atoms with van der Waals surface area (Å²) in [5.41, 5.74) is 7.14. The highest BCUT2D eigenvalue weighted by Gasteiger charge is 2.18. The number of hydrogen-bond acceptors (Lipinski definition) is 7. The normalized spacial score (nSPS) is 11.1. The van der Waals surface area contributed by atoms with E-state index in [0.29, 0.717) is 16.9 Å².